The number of ether oxygens (including phenoxy) is 2. The number of methoxy groups -OCH3 is 2. The van der Waals surface area contributed by atoms with E-state index in [2.05, 4.69) is 23.5 Å². The average Bonchev–Trinajstić information content (AvgIpc) is 2.89. The van der Waals surface area contributed by atoms with E-state index in [1.54, 1.807) is 26.0 Å². The Balaban J connectivity index is 2.01. The Labute approximate surface area is 116 Å². The van der Waals surface area contributed by atoms with E-state index in [-0.39, 0.29) is 5.37 Å². The van der Waals surface area contributed by atoms with Crippen molar-refractivity contribution in [1.82, 2.24) is 0 Å². The Bertz CT molecular complexity index is 553. The predicted molar refractivity (Wildman–Crippen MR) is 78.2 cm³/mol. The van der Waals surface area contributed by atoms with Crippen LogP contribution in [0, 0.1) is 0 Å². The lowest BCUT2D eigenvalue weighted by Gasteiger charge is -2.18. The second-order valence-electron chi connectivity index (χ2n) is 4.21. The molecule has 0 bridgehead atoms. The third-order valence-corrected chi connectivity index (χ3v) is 4.35. The molecule has 0 amide bonds. The van der Waals surface area contributed by atoms with Gasteiger partial charge in [0, 0.05) is 10.6 Å². The fourth-order valence-corrected chi connectivity index (χ4v) is 3.46. The van der Waals surface area contributed by atoms with Gasteiger partial charge in [-0.2, -0.15) is 0 Å². The van der Waals surface area contributed by atoms with Crippen LogP contribution in [0.15, 0.2) is 47.4 Å². The first-order valence-electron chi connectivity index (χ1n) is 6.06. The fraction of sp³-hybridized carbons (Fsp3) is 0.200. The van der Waals surface area contributed by atoms with Crippen molar-refractivity contribution >= 4 is 17.4 Å². The molecule has 0 saturated heterocycles. The quantitative estimate of drug-likeness (QED) is 0.918. The van der Waals surface area contributed by atoms with Crippen LogP contribution in [-0.4, -0.2) is 14.2 Å². The largest absolute Gasteiger partial charge is 0.496 e. The molecule has 0 spiro atoms. The Kier molecular flexibility index (Phi) is 3.25. The van der Waals surface area contributed by atoms with Gasteiger partial charge in [0.05, 0.1) is 19.8 Å². The van der Waals surface area contributed by atoms with E-state index in [0.717, 1.165) is 22.7 Å². The van der Waals surface area contributed by atoms with Gasteiger partial charge in [-0.1, -0.05) is 30.0 Å². The number of para-hydroxylation sites is 1. The Hall–Kier alpha value is -1.81. The number of hydrogen-bond donors (Lipinski definition) is 1. The summed E-state index contributed by atoms with van der Waals surface area (Å²) in [4.78, 5) is 1.25. The van der Waals surface area contributed by atoms with Crippen molar-refractivity contribution in [1.29, 1.82) is 0 Å². The Morgan fingerprint density at radius 2 is 1.63 bits per heavy atom. The van der Waals surface area contributed by atoms with Gasteiger partial charge in [-0.3, -0.25) is 0 Å². The van der Waals surface area contributed by atoms with E-state index >= 15 is 0 Å². The van der Waals surface area contributed by atoms with Crippen LogP contribution in [0.2, 0.25) is 0 Å². The molecule has 0 fully saturated rings. The van der Waals surface area contributed by atoms with Crippen LogP contribution in [0.5, 0.6) is 11.5 Å². The lowest BCUT2D eigenvalue weighted by molar-refractivity contribution is 0.386. The van der Waals surface area contributed by atoms with Crippen LogP contribution in [-0.2, 0) is 0 Å². The zero-order chi connectivity index (χ0) is 13.2. The zero-order valence-corrected chi connectivity index (χ0v) is 11.7. The SMILES string of the molecule is COc1cccc(OC)c1[C@@H]1Nc2ccccc2S1. The van der Waals surface area contributed by atoms with Gasteiger partial charge in [0.2, 0.25) is 0 Å². The van der Waals surface area contributed by atoms with Crippen molar-refractivity contribution in [2.24, 2.45) is 0 Å². The summed E-state index contributed by atoms with van der Waals surface area (Å²) >= 11 is 1.78. The Morgan fingerprint density at radius 1 is 0.947 bits per heavy atom. The van der Waals surface area contributed by atoms with Gasteiger partial charge >= 0.3 is 0 Å². The summed E-state index contributed by atoms with van der Waals surface area (Å²) in [5, 5.41) is 3.62. The topological polar surface area (TPSA) is 30.5 Å². The number of benzene rings is 2. The summed E-state index contributed by atoms with van der Waals surface area (Å²) in [6.07, 6.45) is 0. The molecule has 4 heteroatoms. The molecule has 1 N–H and O–H groups in total. The second kappa shape index (κ2) is 5.05. The first-order valence-corrected chi connectivity index (χ1v) is 6.94. The molecule has 0 aliphatic carbocycles. The lowest BCUT2D eigenvalue weighted by atomic mass is 10.1. The van der Waals surface area contributed by atoms with Crippen molar-refractivity contribution in [3.05, 3.63) is 48.0 Å². The number of anilines is 1. The monoisotopic (exact) mass is 273 g/mol. The molecule has 1 atom stereocenters. The average molecular weight is 273 g/mol. The number of hydrogen-bond acceptors (Lipinski definition) is 4. The molecule has 0 unspecified atom stereocenters. The van der Waals surface area contributed by atoms with Crippen molar-refractivity contribution < 1.29 is 9.47 Å². The van der Waals surface area contributed by atoms with E-state index in [1.807, 2.05) is 24.3 Å². The molecule has 1 aliphatic rings. The normalized spacial score (nSPS) is 16.6. The molecule has 1 aliphatic heterocycles. The van der Waals surface area contributed by atoms with Crippen molar-refractivity contribution in [3.63, 3.8) is 0 Å². The summed E-state index contributed by atoms with van der Waals surface area (Å²) in [6.45, 7) is 0. The number of thioether (sulfide) groups is 1. The summed E-state index contributed by atoms with van der Waals surface area (Å²) in [5.41, 5.74) is 2.21. The number of fused-ring (bicyclic) bond motifs is 1. The highest BCUT2D eigenvalue weighted by atomic mass is 32.2. The van der Waals surface area contributed by atoms with E-state index in [9.17, 15) is 0 Å². The highest BCUT2D eigenvalue weighted by Crippen LogP contribution is 2.50. The van der Waals surface area contributed by atoms with Crippen LogP contribution >= 0.6 is 11.8 Å². The first-order chi connectivity index (χ1) is 9.33. The fourth-order valence-electron chi connectivity index (χ4n) is 2.26. The van der Waals surface area contributed by atoms with Gasteiger partial charge in [0.25, 0.3) is 0 Å². The molecule has 98 valence electrons. The molecular weight excluding hydrogens is 258 g/mol. The minimum atomic E-state index is 0.114. The van der Waals surface area contributed by atoms with Crippen molar-refractivity contribution in [3.8, 4) is 11.5 Å². The van der Waals surface area contributed by atoms with Crippen LogP contribution in [0.3, 0.4) is 0 Å². The highest BCUT2D eigenvalue weighted by molar-refractivity contribution is 8.00. The smallest absolute Gasteiger partial charge is 0.128 e. The van der Waals surface area contributed by atoms with Gasteiger partial charge in [0.15, 0.2) is 0 Å². The van der Waals surface area contributed by atoms with E-state index in [1.165, 1.54) is 4.90 Å². The molecule has 3 nitrogen and oxygen atoms in total. The molecular formula is C15H15NO2S. The third kappa shape index (κ3) is 2.12. The second-order valence-corrected chi connectivity index (χ2v) is 5.36. The van der Waals surface area contributed by atoms with Crippen LogP contribution in [0.1, 0.15) is 10.9 Å². The van der Waals surface area contributed by atoms with Gasteiger partial charge in [0.1, 0.15) is 16.9 Å². The molecule has 0 saturated carbocycles. The molecule has 2 aromatic rings. The van der Waals surface area contributed by atoms with Crippen molar-refractivity contribution in [2.45, 2.75) is 10.3 Å². The van der Waals surface area contributed by atoms with Crippen LogP contribution in [0.4, 0.5) is 5.69 Å². The molecule has 3 rings (SSSR count). The molecule has 0 radical (unpaired) electrons. The zero-order valence-electron chi connectivity index (χ0n) is 10.8. The third-order valence-electron chi connectivity index (χ3n) is 3.15. The van der Waals surface area contributed by atoms with Crippen LogP contribution in [0.25, 0.3) is 0 Å². The van der Waals surface area contributed by atoms with E-state index in [4.69, 9.17) is 9.47 Å². The maximum atomic E-state index is 5.47. The first kappa shape index (κ1) is 12.2. The molecule has 0 aromatic heterocycles. The minimum absolute atomic E-state index is 0.114. The van der Waals surface area contributed by atoms with E-state index in [0.29, 0.717) is 0 Å². The minimum Gasteiger partial charge on any atom is -0.496 e. The number of nitrogens with one attached hydrogen (secondary N) is 1. The summed E-state index contributed by atoms with van der Waals surface area (Å²) in [7, 11) is 3.37. The molecule has 19 heavy (non-hydrogen) atoms. The number of rotatable bonds is 3. The van der Waals surface area contributed by atoms with Crippen molar-refractivity contribution in [2.75, 3.05) is 19.5 Å². The van der Waals surface area contributed by atoms with Gasteiger partial charge in [-0.25, -0.2) is 0 Å². The van der Waals surface area contributed by atoms with Crippen LogP contribution < -0.4 is 14.8 Å². The maximum Gasteiger partial charge on any atom is 0.128 e. The molecule has 2 aromatic carbocycles. The van der Waals surface area contributed by atoms with Gasteiger partial charge in [-0.05, 0) is 24.3 Å². The summed E-state index contributed by atoms with van der Waals surface area (Å²) < 4.78 is 10.9. The summed E-state index contributed by atoms with van der Waals surface area (Å²) in [5.74, 6) is 1.69. The predicted octanol–water partition coefficient (Wildman–Crippen LogP) is 3.92. The maximum absolute atomic E-state index is 5.47. The van der Waals surface area contributed by atoms with Gasteiger partial charge < -0.3 is 14.8 Å². The highest BCUT2D eigenvalue weighted by Gasteiger charge is 2.27. The van der Waals surface area contributed by atoms with E-state index < -0.39 is 0 Å². The Morgan fingerprint density at radius 3 is 2.26 bits per heavy atom. The standard InChI is InChI=1S/C15H15NO2S/c1-17-11-7-5-8-12(18-2)14(11)15-16-10-6-3-4-9-13(10)19-15/h3-9,15-16H,1-2H3/t15-/m1/s1. The lowest BCUT2D eigenvalue weighted by Crippen LogP contribution is -2.05. The van der Waals surface area contributed by atoms with Gasteiger partial charge in [-0.15, -0.1) is 0 Å². The summed E-state index contributed by atoms with van der Waals surface area (Å²) in [6, 6.07) is 14.2. The molecule has 1 heterocycles.